The molecule has 14 heavy (non-hydrogen) atoms. The molecule has 0 fully saturated rings. The Morgan fingerprint density at radius 2 is 1.79 bits per heavy atom. The van der Waals surface area contributed by atoms with Crippen LogP contribution in [0.2, 0.25) is 0 Å². The summed E-state index contributed by atoms with van der Waals surface area (Å²) in [6.07, 6.45) is 0. The molecule has 1 atom stereocenters. The zero-order valence-corrected chi connectivity index (χ0v) is 8.08. The second-order valence-corrected chi connectivity index (χ2v) is 3.54. The monoisotopic (exact) mass is 206 g/mol. The van der Waals surface area contributed by atoms with Crippen molar-refractivity contribution in [1.82, 2.24) is 0 Å². The van der Waals surface area contributed by atoms with Crippen LogP contribution >= 0.6 is 0 Å². The first kappa shape index (κ1) is 9.18. The van der Waals surface area contributed by atoms with Gasteiger partial charge in [-0.1, -0.05) is 36.4 Å². The van der Waals surface area contributed by atoms with Gasteiger partial charge in [0.15, 0.2) is 0 Å². The third-order valence-electron chi connectivity index (χ3n) is 1.98. The molecule has 0 aliphatic heterocycles. The quantitative estimate of drug-likeness (QED) is 0.764. The van der Waals surface area contributed by atoms with Gasteiger partial charge in [0.2, 0.25) is 0 Å². The lowest BCUT2D eigenvalue weighted by atomic mass is 10.1. The lowest BCUT2D eigenvalue weighted by molar-refractivity contribution is 0.542. The molecule has 0 aromatic heterocycles. The Hall–Kier alpha value is -1.39. The molecule has 2 aromatic rings. The Labute approximate surface area is 84.2 Å². The lowest BCUT2D eigenvalue weighted by Gasteiger charge is -2.10. The normalized spacial score (nSPS) is 12.6. The maximum atomic E-state index is 10.5. The van der Waals surface area contributed by atoms with E-state index in [0.29, 0.717) is 5.69 Å². The second-order valence-electron chi connectivity index (χ2n) is 2.86. The van der Waals surface area contributed by atoms with E-state index in [9.17, 15) is 8.76 Å². The Kier molecular flexibility index (Phi) is 2.47. The number of hydrogen-bond donors (Lipinski definition) is 1. The van der Waals surface area contributed by atoms with Crippen molar-refractivity contribution in [2.45, 2.75) is 0 Å². The van der Waals surface area contributed by atoms with E-state index in [2.05, 4.69) is 4.72 Å². The van der Waals surface area contributed by atoms with Crippen LogP contribution in [0, 0.1) is 0 Å². The smallest absolute Gasteiger partial charge is 0.0530 e. The lowest BCUT2D eigenvalue weighted by Crippen LogP contribution is -2.02. The predicted molar refractivity (Wildman–Crippen MR) is 56.5 cm³/mol. The van der Waals surface area contributed by atoms with Gasteiger partial charge in [-0.25, -0.2) is 0 Å². The molecule has 2 aromatic carbocycles. The van der Waals surface area contributed by atoms with E-state index in [1.807, 2.05) is 36.4 Å². The summed E-state index contributed by atoms with van der Waals surface area (Å²) in [5, 5.41) is 1.92. The first-order valence-corrected chi connectivity index (χ1v) is 5.18. The highest BCUT2D eigenvalue weighted by molar-refractivity contribution is 7.80. The van der Waals surface area contributed by atoms with Crippen LogP contribution in [-0.4, -0.2) is 8.76 Å². The Morgan fingerprint density at radius 1 is 1.07 bits per heavy atom. The van der Waals surface area contributed by atoms with E-state index >= 15 is 0 Å². The minimum Gasteiger partial charge on any atom is -0.755 e. The average Bonchev–Trinajstić information content (AvgIpc) is 2.18. The van der Waals surface area contributed by atoms with Crippen molar-refractivity contribution in [2.24, 2.45) is 0 Å². The zero-order chi connectivity index (χ0) is 9.97. The van der Waals surface area contributed by atoms with Gasteiger partial charge in [-0.05, 0) is 11.5 Å². The molecule has 0 heterocycles. The summed E-state index contributed by atoms with van der Waals surface area (Å²) < 4.78 is 23.4. The molecule has 0 aliphatic carbocycles. The van der Waals surface area contributed by atoms with Gasteiger partial charge in [-0.2, -0.15) is 0 Å². The minimum absolute atomic E-state index is 0.608. The molecule has 2 rings (SSSR count). The molecule has 72 valence electrons. The number of hydrogen-bond acceptors (Lipinski definition) is 2. The number of anilines is 1. The van der Waals surface area contributed by atoms with Crippen LogP contribution in [0.1, 0.15) is 0 Å². The molecule has 0 amide bonds. The van der Waals surface area contributed by atoms with Crippen LogP contribution in [0.5, 0.6) is 0 Å². The van der Waals surface area contributed by atoms with Gasteiger partial charge in [-0.3, -0.25) is 4.21 Å². The summed E-state index contributed by atoms with van der Waals surface area (Å²) in [6, 6.07) is 13.1. The van der Waals surface area contributed by atoms with E-state index < -0.39 is 11.3 Å². The van der Waals surface area contributed by atoms with Crippen LogP contribution in [0.3, 0.4) is 0 Å². The maximum Gasteiger partial charge on any atom is 0.0530 e. The van der Waals surface area contributed by atoms with Crippen LogP contribution in [0.15, 0.2) is 42.5 Å². The van der Waals surface area contributed by atoms with Crippen molar-refractivity contribution in [3.05, 3.63) is 42.5 Å². The number of rotatable bonds is 2. The molecule has 4 heteroatoms. The highest BCUT2D eigenvalue weighted by atomic mass is 32.2. The zero-order valence-electron chi connectivity index (χ0n) is 7.27. The van der Waals surface area contributed by atoms with Crippen LogP contribution in [-0.2, 0) is 11.3 Å². The maximum absolute atomic E-state index is 10.5. The van der Waals surface area contributed by atoms with Crippen molar-refractivity contribution in [1.29, 1.82) is 0 Å². The van der Waals surface area contributed by atoms with Crippen LogP contribution < -0.4 is 4.72 Å². The standard InChI is InChI=1S/C10H9NO2S/c12-14(13)11-10-7-3-5-8-4-1-2-6-9(8)10/h1-7,11H,(H,12,13)/p-1. The molecule has 1 unspecified atom stereocenters. The van der Waals surface area contributed by atoms with Crippen molar-refractivity contribution < 1.29 is 8.76 Å². The van der Waals surface area contributed by atoms with Crippen molar-refractivity contribution in [3.63, 3.8) is 0 Å². The van der Waals surface area contributed by atoms with Gasteiger partial charge in [0.05, 0.1) is 5.69 Å². The fraction of sp³-hybridized carbons (Fsp3) is 0. The van der Waals surface area contributed by atoms with E-state index in [4.69, 9.17) is 0 Å². The Balaban J connectivity index is 2.59. The Morgan fingerprint density at radius 3 is 2.57 bits per heavy atom. The summed E-state index contributed by atoms with van der Waals surface area (Å²) in [5.74, 6) is 0. The first-order chi connectivity index (χ1) is 6.77. The van der Waals surface area contributed by atoms with Gasteiger partial charge in [0, 0.05) is 16.7 Å². The van der Waals surface area contributed by atoms with Gasteiger partial charge in [-0.15, -0.1) is 0 Å². The van der Waals surface area contributed by atoms with Gasteiger partial charge >= 0.3 is 0 Å². The summed E-state index contributed by atoms with van der Waals surface area (Å²) >= 11 is -2.27. The minimum atomic E-state index is -2.27. The summed E-state index contributed by atoms with van der Waals surface area (Å²) in [6.45, 7) is 0. The summed E-state index contributed by atoms with van der Waals surface area (Å²) in [7, 11) is 0. The van der Waals surface area contributed by atoms with Crippen LogP contribution in [0.4, 0.5) is 5.69 Å². The second kappa shape index (κ2) is 3.77. The third kappa shape index (κ3) is 1.76. The molecule has 0 saturated heterocycles. The molecule has 3 nitrogen and oxygen atoms in total. The third-order valence-corrected chi connectivity index (χ3v) is 2.37. The highest BCUT2D eigenvalue weighted by Gasteiger charge is 1.97. The number of fused-ring (bicyclic) bond motifs is 1. The number of benzene rings is 2. The predicted octanol–water partition coefficient (Wildman–Crippen LogP) is 2.05. The fourth-order valence-electron chi connectivity index (χ4n) is 1.40. The van der Waals surface area contributed by atoms with E-state index in [-0.39, 0.29) is 0 Å². The largest absolute Gasteiger partial charge is 0.755 e. The molecule has 0 spiro atoms. The van der Waals surface area contributed by atoms with E-state index in [0.717, 1.165) is 10.8 Å². The molecule has 0 bridgehead atoms. The van der Waals surface area contributed by atoms with Crippen molar-refractivity contribution in [2.75, 3.05) is 4.72 Å². The molecule has 1 N–H and O–H groups in total. The SMILES string of the molecule is O=S([O-])Nc1cccc2ccccc12. The number of nitrogens with one attached hydrogen (secondary N) is 1. The summed E-state index contributed by atoms with van der Waals surface area (Å²) in [4.78, 5) is 0. The van der Waals surface area contributed by atoms with Crippen molar-refractivity contribution >= 4 is 27.7 Å². The van der Waals surface area contributed by atoms with Crippen LogP contribution in [0.25, 0.3) is 10.8 Å². The summed E-state index contributed by atoms with van der Waals surface area (Å²) in [5.41, 5.74) is 0.608. The van der Waals surface area contributed by atoms with Gasteiger partial charge in [0.25, 0.3) is 0 Å². The first-order valence-electron chi connectivity index (χ1n) is 4.11. The molecular formula is C10H8NO2S-. The van der Waals surface area contributed by atoms with E-state index in [1.165, 1.54) is 0 Å². The van der Waals surface area contributed by atoms with Crippen molar-refractivity contribution in [3.8, 4) is 0 Å². The molecular weight excluding hydrogens is 198 g/mol. The topological polar surface area (TPSA) is 52.2 Å². The average molecular weight is 206 g/mol. The Bertz CT molecular complexity index is 479. The van der Waals surface area contributed by atoms with Gasteiger partial charge in [0.1, 0.15) is 0 Å². The molecule has 0 saturated carbocycles. The molecule has 0 aliphatic rings. The van der Waals surface area contributed by atoms with Gasteiger partial charge < -0.3 is 9.27 Å². The van der Waals surface area contributed by atoms with E-state index in [1.54, 1.807) is 6.07 Å². The molecule has 0 radical (unpaired) electrons. The highest BCUT2D eigenvalue weighted by Crippen LogP contribution is 2.22. The fourth-order valence-corrected chi connectivity index (χ4v) is 1.76.